The van der Waals surface area contributed by atoms with Crippen molar-refractivity contribution < 1.29 is 18.9 Å². The summed E-state index contributed by atoms with van der Waals surface area (Å²) in [7, 11) is 8.25. The van der Waals surface area contributed by atoms with Crippen molar-refractivity contribution in [2.75, 3.05) is 28.4 Å². The highest BCUT2D eigenvalue weighted by molar-refractivity contribution is 7.49. The van der Waals surface area contributed by atoms with E-state index in [4.69, 9.17) is 18.9 Å². The minimum absolute atomic E-state index is 0.0713. The Morgan fingerprint density at radius 3 is 0.946 bits per heavy atom. The molecule has 4 nitrogen and oxygen atoms in total. The van der Waals surface area contributed by atoms with Crippen LogP contribution in [0.25, 0.3) is 11.1 Å². The molecular weight excluding hydrogens is 726 g/mol. The van der Waals surface area contributed by atoms with Gasteiger partial charge in [-0.3, -0.25) is 0 Å². The van der Waals surface area contributed by atoms with Crippen molar-refractivity contribution in [3.8, 4) is 34.1 Å². The standard InChI is InChI=1S/C50H72O4P2/c1-19-39(31-27-33(47(3,4)5)45(53-17)34(28-31)48(6,7)8)55-41-25-21-23-37(51-15)43(41)44-38(52-16)24-22-26-42(44)56-40(20-2)32-29-35(49(9,10)11)46(54-18)36(30-32)50(12,13)14/h21-30,39-40,55-56H,19-20H2,1-18H3. The van der Waals surface area contributed by atoms with E-state index in [1.54, 1.807) is 14.2 Å². The SMILES string of the molecule is CCC(Pc1cccc(OC)c1-c1c(OC)cccc1PC(CC)c1cc(C(C)(C)C)c(OC)c(C(C)(C)C)c1)c1cc(C(C)(C)C)c(OC)c(C(C)(C)C)c1. The van der Waals surface area contributed by atoms with E-state index in [9.17, 15) is 0 Å². The van der Waals surface area contributed by atoms with Gasteiger partial charge >= 0.3 is 0 Å². The first-order chi connectivity index (χ1) is 26.0. The molecule has 4 aromatic rings. The number of hydrogen-bond acceptors (Lipinski definition) is 4. The van der Waals surface area contributed by atoms with Gasteiger partial charge in [0.1, 0.15) is 23.0 Å². The van der Waals surface area contributed by atoms with Crippen LogP contribution in [-0.2, 0) is 21.7 Å². The fraction of sp³-hybridized carbons (Fsp3) is 0.520. The maximum absolute atomic E-state index is 6.24. The minimum atomic E-state index is -0.0713. The van der Waals surface area contributed by atoms with E-state index in [1.807, 2.05) is 14.2 Å². The summed E-state index contributed by atoms with van der Waals surface area (Å²) < 4.78 is 24.8. The third-order valence-electron chi connectivity index (χ3n) is 10.9. The molecule has 0 heterocycles. The summed E-state index contributed by atoms with van der Waals surface area (Å²) in [6, 6.07) is 22.8. The van der Waals surface area contributed by atoms with Crippen LogP contribution < -0.4 is 29.6 Å². The van der Waals surface area contributed by atoms with Crippen LogP contribution in [0.5, 0.6) is 23.0 Å². The predicted molar refractivity (Wildman–Crippen MR) is 248 cm³/mol. The normalized spacial score (nSPS) is 14.1. The lowest BCUT2D eigenvalue weighted by Gasteiger charge is -2.32. The lowest BCUT2D eigenvalue weighted by Crippen LogP contribution is -2.20. The number of rotatable bonds is 13. The molecule has 0 saturated carbocycles. The van der Waals surface area contributed by atoms with E-state index in [0.29, 0.717) is 28.5 Å². The summed E-state index contributed by atoms with van der Waals surface area (Å²) in [5, 5.41) is 2.58. The molecule has 4 aromatic carbocycles. The van der Waals surface area contributed by atoms with Gasteiger partial charge in [-0.25, -0.2) is 0 Å². The average Bonchev–Trinajstić information content (AvgIpc) is 3.13. The van der Waals surface area contributed by atoms with Crippen molar-refractivity contribution in [2.24, 2.45) is 0 Å². The van der Waals surface area contributed by atoms with Crippen molar-refractivity contribution >= 4 is 27.8 Å². The predicted octanol–water partition coefficient (Wildman–Crippen LogP) is 13.5. The van der Waals surface area contributed by atoms with E-state index in [-0.39, 0.29) is 21.7 Å². The third-order valence-corrected chi connectivity index (χ3v) is 14.5. The minimum Gasteiger partial charge on any atom is -0.496 e. The van der Waals surface area contributed by atoms with Crippen molar-refractivity contribution in [3.63, 3.8) is 0 Å². The molecule has 0 aromatic heterocycles. The molecule has 4 unspecified atom stereocenters. The maximum atomic E-state index is 6.24. The highest BCUT2D eigenvalue weighted by Gasteiger charge is 2.32. The zero-order valence-electron chi connectivity index (χ0n) is 38.0. The van der Waals surface area contributed by atoms with Gasteiger partial charge in [0.25, 0.3) is 0 Å². The van der Waals surface area contributed by atoms with Crippen molar-refractivity contribution in [1.29, 1.82) is 0 Å². The Kier molecular flexibility index (Phi) is 14.5. The lowest BCUT2D eigenvalue weighted by atomic mass is 9.78. The van der Waals surface area contributed by atoms with Crippen LogP contribution in [0.15, 0.2) is 60.7 Å². The Balaban J connectivity index is 1.95. The highest BCUT2D eigenvalue weighted by atomic mass is 31.1. The lowest BCUT2D eigenvalue weighted by molar-refractivity contribution is 0.381. The van der Waals surface area contributed by atoms with Crippen LogP contribution in [-0.4, -0.2) is 28.4 Å². The van der Waals surface area contributed by atoms with Gasteiger partial charge in [-0.15, -0.1) is 0 Å². The fourth-order valence-electron chi connectivity index (χ4n) is 7.75. The van der Waals surface area contributed by atoms with Crippen LogP contribution in [0.2, 0.25) is 0 Å². The van der Waals surface area contributed by atoms with Gasteiger partial charge in [0.2, 0.25) is 0 Å². The van der Waals surface area contributed by atoms with Gasteiger partial charge in [-0.2, -0.15) is 0 Å². The zero-order valence-corrected chi connectivity index (χ0v) is 40.0. The first-order valence-electron chi connectivity index (χ1n) is 20.4. The van der Waals surface area contributed by atoms with Crippen LogP contribution >= 0.6 is 17.2 Å². The Labute approximate surface area is 344 Å². The van der Waals surface area contributed by atoms with Crippen molar-refractivity contribution in [2.45, 2.75) is 143 Å². The monoisotopic (exact) mass is 798 g/mol. The van der Waals surface area contributed by atoms with E-state index in [0.717, 1.165) is 47.0 Å². The molecule has 0 amide bonds. The van der Waals surface area contributed by atoms with Gasteiger partial charge in [0.15, 0.2) is 0 Å². The molecule has 56 heavy (non-hydrogen) atoms. The number of methoxy groups -OCH3 is 4. The highest BCUT2D eigenvalue weighted by Crippen LogP contribution is 2.50. The van der Waals surface area contributed by atoms with Crippen molar-refractivity contribution in [3.05, 3.63) is 94.0 Å². The molecule has 0 fully saturated rings. The molecule has 0 spiro atoms. The Morgan fingerprint density at radius 2 is 0.732 bits per heavy atom. The third kappa shape index (κ3) is 9.96. The van der Waals surface area contributed by atoms with Gasteiger partial charge in [-0.1, -0.05) is 163 Å². The summed E-state index contributed by atoms with van der Waals surface area (Å²) >= 11 is 0. The Bertz CT molecular complexity index is 1750. The molecule has 4 atom stereocenters. The van der Waals surface area contributed by atoms with Gasteiger partial charge in [0, 0.05) is 44.7 Å². The summed E-state index contributed by atoms with van der Waals surface area (Å²) in [4.78, 5) is 0. The summed E-state index contributed by atoms with van der Waals surface area (Å²) in [6.07, 6.45) is 2.02. The molecule has 4 rings (SSSR count). The van der Waals surface area contributed by atoms with Gasteiger partial charge < -0.3 is 18.9 Å². The second-order valence-corrected chi connectivity index (χ2v) is 22.3. The smallest absolute Gasteiger partial charge is 0.127 e. The van der Waals surface area contributed by atoms with E-state index in [1.165, 1.54) is 44.0 Å². The molecule has 306 valence electrons. The van der Waals surface area contributed by atoms with Gasteiger partial charge in [0.05, 0.1) is 28.4 Å². The number of hydrogen-bond donors (Lipinski definition) is 0. The molecule has 0 aliphatic rings. The fourth-order valence-corrected chi connectivity index (χ4v) is 10.7. The molecule has 0 aliphatic carbocycles. The number of ether oxygens (including phenoxy) is 4. The average molecular weight is 799 g/mol. The summed E-state index contributed by atoms with van der Waals surface area (Å²) in [5.74, 6) is 3.78. The van der Waals surface area contributed by atoms with E-state index < -0.39 is 0 Å². The zero-order chi connectivity index (χ0) is 42.0. The molecular formula is C50H72O4P2. The maximum Gasteiger partial charge on any atom is 0.127 e. The topological polar surface area (TPSA) is 36.9 Å². The first-order valence-corrected chi connectivity index (χ1v) is 22.5. The van der Waals surface area contributed by atoms with E-state index >= 15 is 0 Å². The molecule has 0 radical (unpaired) electrons. The molecule has 6 heteroatoms. The molecule has 0 bridgehead atoms. The Hall–Kier alpha value is -3.06. The largest absolute Gasteiger partial charge is 0.496 e. The second kappa shape index (κ2) is 17.8. The molecule has 0 saturated heterocycles. The molecule has 0 N–H and O–H groups in total. The summed E-state index contributed by atoms with van der Waals surface area (Å²) in [5.41, 5.74) is 10.4. The first kappa shape index (κ1) is 45.6. The van der Waals surface area contributed by atoms with Crippen LogP contribution in [0.1, 0.15) is 154 Å². The number of benzene rings is 4. The van der Waals surface area contributed by atoms with Crippen LogP contribution in [0.4, 0.5) is 0 Å². The molecule has 0 aliphatic heterocycles. The second-order valence-electron chi connectivity index (χ2n) is 19.3. The van der Waals surface area contributed by atoms with Crippen LogP contribution in [0.3, 0.4) is 0 Å². The van der Waals surface area contributed by atoms with E-state index in [2.05, 4.69) is 158 Å². The van der Waals surface area contributed by atoms with Crippen molar-refractivity contribution in [1.82, 2.24) is 0 Å². The van der Waals surface area contributed by atoms with Gasteiger partial charge in [-0.05, 0) is 68.4 Å². The van der Waals surface area contributed by atoms with Crippen LogP contribution in [0, 0.1) is 0 Å². The summed E-state index contributed by atoms with van der Waals surface area (Å²) in [6.45, 7) is 32.1. The quantitative estimate of drug-likeness (QED) is 0.126. The Morgan fingerprint density at radius 1 is 0.446 bits per heavy atom.